The van der Waals surface area contributed by atoms with Crippen molar-refractivity contribution >= 4 is 22.3 Å². The highest BCUT2D eigenvalue weighted by Crippen LogP contribution is 2.32. The Kier molecular flexibility index (Phi) is 3.66. The van der Waals surface area contributed by atoms with E-state index in [0.29, 0.717) is 5.92 Å². The predicted molar refractivity (Wildman–Crippen MR) is 66.2 cm³/mol. The zero-order chi connectivity index (χ0) is 12.4. The molecule has 5 heteroatoms. The van der Waals surface area contributed by atoms with Crippen molar-refractivity contribution in [3.05, 3.63) is 16.8 Å². The fourth-order valence-electron chi connectivity index (χ4n) is 2.13. The number of esters is 1. The molecule has 1 atom stereocenters. The molecule has 0 aliphatic carbocycles. The molecule has 1 aromatic heterocycles. The molecule has 3 nitrogen and oxygen atoms in total. The second-order valence-corrected chi connectivity index (χ2v) is 5.48. The van der Waals surface area contributed by atoms with Gasteiger partial charge >= 0.3 is 5.97 Å². The Balaban J connectivity index is 2.19. The number of anilines is 1. The summed E-state index contributed by atoms with van der Waals surface area (Å²) in [5.74, 6) is -0.450. The van der Waals surface area contributed by atoms with Crippen molar-refractivity contribution in [3.63, 3.8) is 0 Å². The van der Waals surface area contributed by atoms with Crippen LogP contribution in [-0.2, 0) is 4.74 Å². The molecule has 0 N–H and O–H groups in total. The number of rotatable bonds is 2. The maximum Gasteiger partial charge on any atom is 0.351 e. The molecule has 94 valence electrons. The second-order valence-electron chi connectivity index (χ2n) is 4.45. The van der Waals surface area contributed by atoms with Gasteiger partial charge in [0, 0.05) is 19.2 Å². The van der Waals surface area contributed by atoms with Crippen LogP contribution < -0.4 is 4.90 Å². The topological polar surface area (TPSA) is 29.5 Å². The maximum atomic E-state index is 13.6. The molecule has 1 aliphatic heterocycles. The van der Waals surface area contributed by atoms with Gasteiger partial charge < -0.3 is 9.64 Å². The summed E-state index contributed by atoms with van der Waals surface area (Å²) in [4.78, 5) is 13.5. The lowest BCUT2D eigenvalue weighted by Gasteiger charge is -2.31. The third-order valence-corrected chi connectivity index (χ3v) is 4.16. The third kappa shape index (κ3) is 2.60. The number of thiophene rings is 1. The fraction of sp³-hybridized carbons (Fsp3) is 0.583. The van der Waals surface area contributed by atoms with E-state index in [1.807, 2.05) is 0 Å². The van der Waals surface area contributed by atoms with Crippen molar-refractivity contribution in [3.8, 4) is 0 Å². The number of hydrogen-bond donors (Lipinski definition) is 0. The molecule has 2 heterocycles. The van der Waals surface area contributed by atoms with Gasteiger partial charge in [0.25, 0.3) is 0 Å². The van der Waals surface area contributed by atoms with E-state index in [2.05, 4.69) is 16.6 Å². The smallest absolute Gasteiger partial charge is 0.351 e. The van der Waals surface area contributed by atoms with Crippen LogP contribution in [0.1, 0.15) is 29.4 Å². The number of ether oxygens (including phenoxy) is 1. The Labute approximate surface area is 104 Å². The molecule has 1 saturated heterocycles. The average Bonchev–Trinajstić information content (AvgIpc) is 2.70. The van der Waals surface area contributed by atoms with Gasteiger partial charge in [0.1, 0.15) is 4.88 Å². The zero-order valence-electron chi connectivity index (χ0n) is 10.0. The molecule has 1 fully saturated rings. The highest BCUT2D eigenvalue weighted by molar-refractivity contribution is 7.17. The van der Waals surface area contributed by atoms with E-state index in [1.54, 1.807) is 0 Å². The molecule has 1 aromatic rings. The van der Waals surface area contributed by atoms with Crippen LogP contribution in [0, 0.1) is 11.7 Å². The van der Waals surface area contributed by atoms with Gasteiger partial charge in [-0.25, -0.2) is 9.18 Å². The summed E-state index contributed by atoms with van der Waals surface area (Å²) in [7, 11) is 1.27. The van der Waals surface area contributed by atoms with Gasteiger partial charge in [0.15, 0.2) is 5.82 Å². The number of halogens is 1. The summed E-state index contributed by atoms with van der Waals surface area (Å²) in [6.45, 7) is 4.06. The van der Waals surface area contributed by atoms with Gasteiger partial charge in [0.05, 0.1) is 12.1 Å². The quantitative estimate of drug-likeness (QED) is 0.763. The van der Waals surface area contributed by atoms with Crippen LogP contribution >= 0.6 is 11.3 Å². The van der Waals surface area contributed by atoms with Crippen molar-refractivity contribution in [2.75, 3.05) is 25.1 Å². The monoisotopic (exact) mass is 257 g/mol. The Hall–Kier alpha value is -1.10. The van der Waals surface area contributed by atoms with Gasteiger partial charge in [-0.15, -0.1) is 11.3 Å². The standard InChI is InChI=1S/C12H16FNO2S/c1-8-4-3-5-14(7-8)10-6-9(13)11(17-10)12(15)16-2/h6,8H,3-5,7H2,1-2H3. The normalized spacial score (nSPS) is 20.4. The van der Waals surface area contributed by atoms with E-state index >= 15 is 0 Å². The van der Waals surface area contributed by atoms with Gasteiger partial charge in [-0.05, 0) is 18.8 Å². The molecule has 0 amide bonds. The minimum atomic E-state index is -0.594. The molecular formula is C12H16FNO2S. The maximum absolute atomic E-state index is 13.6. The Morgan fingerprint density at radius 2 is 2.41 bits per heavy atom. The second kappa shape index (κ2) is 5.04. The molecule has 0 aromatic carbocycles. The van der Waals surface area contributed by atoms with Crippen molar-refractivity contribution in [1.82, 2.24) is 0 Å². The summed E-state index contributed by atoms with van der Waals surface area (Å²) in [6, 6.07) is 1.44. The van der Waals surface area contributed by atoms with Gasteiger partial charge in [-0.2, -0.15) is 0 Å². The van der Waals surface area contributed by atoms with E-state index in [-0.39, 0.29) is 4.88 Å². The number of carbonyl (C=O) groups excluding carboxylic acids is 1. The number of methoxy groups -OCH3 is 1. The molecule has 0 spiro atoms. The molecule has 1 aliphatic rings. The summed E-state index contributed by atoms with van der Waals surface area (Å²) in [5, 5.41) is 0.828. The highest BCUT2D eigenvalue weighted by Gasteiger charge is 2.22. The van der Waals surface area contributed by atoms with Crippen LogP contribution in [0.5, 0.6) is 0 Å². The molecule has 0 bridgehead atoms. The van der Waals surface area contributed by atoms with Gasteiger partial charge in [0.2, 0.25) is 0 Å². The largest absolute Gasteiger partial charge is 0.465 e. The van der Waals surface area contributed by atoms with Crippen LogP contribution in [0.2, 0.25) is 0 Å². The molecule has 2 rings (SSSR count). The minimum absolute atomic E-state index is 0.0701. The first-order valence-corrected chi connectivity index (χ1v) is 6.56. The van der Waals surface area contributed by atoms with Crippen LogP contribution in [-0.4, -0.2) is 26.2 Å². The summed E-state index contributed by atoms with van der Waals surface area (Å²) in [5.41, 5.74) is 0. The summed E-state index contributed by atoms with van der Waals surface area (Å²) >= 11 is 1.18. The van der Waals surface area contributed by atoms with Gasteiger partial charge in [-0.1, -0.05) is 6.92 Å². The fourth-order valence-corrected chi connectivity index (χ4v) is 3.12. The molecular weight excluding hydrogens is 241 g/mol. The highest BCUT2D eigenvalue weighted by atomic mass is 32.1. The van der Waals surface area contributed by atoms with Crippen molar-refractivity contribution < 1.29 is 13.9 Å². The predicted octanol–water partition coefficient (Wildman–Crippen LogP) is 2.91. The first-order valence-electron chi connectivity index (χ1n) is 5.74. The third-order valence-electron chi connectivity index (χ3n) is 3.01. The van der Waals surface area contributed by atoms with Crippen LogP contribution in [0.25, 0.3) is 0 Å². The molecule has 0 saturated carbocycles. The minimum Gasteiger partial charge on any atom is -0.465 e. The molecule has 1 unspecified atom stereocenters. The summed E-state index contributed by atoms with van der Waals surface area (Å²) in [6.07, 6.45) is 2.34. The van der Waals surface area contributed by atoms with Crippen LogP contribution in [0.15, 0.2) is 6.07 Å². The van der Waals surface area contributed by atoms with Crippen LogP contribution in [0.4, 0.5) is 9.39 Å². The van der Waals surface area contributed by atoms with Crippen molar-refractivity contribution in [1.29, 1.82) is 0 Å². The molecule has 17 heavy (non-hydrogen) atoms. The van der Waals surface area contributed by atoms with E-state index in [9.17, 15) is 9.18 Å². The number of hydrogen-bond acceptors (Lipinski definition) is 4. The van der Waals surface area contributed by atoms with Crippen LogP contribution in [0.3, 0.4) is 0 Å². The number of carbonyl (C=O) groups is 1. The number of piperidine rings is 1. The Morgan fingerprint density at radius 3 is 3.06 bits per heavy atom. The van der Waals surface area contributed by atoms with Crippen molar-refractivity contribution in [2.24, 2.45) is 5.92 Å². The Morgan fingerprint density at radius 1 is 1.65 bits per heavy atom. The average molecular weight is 257 g/mol. The lowest BCUT2D eigenvalue weighted by Crippen LogP contribution is -2.33. The summed E-state index contributed by atoms with van der Waals surface area (Å²) < 4.78 is 18.1. The van der Waals surface area contributed by atoms with E-state index in [4.69, 9.17) is 0 Å². The SMILES string of the molecule is COC(=O)c1sc(N2CCCC(C)C2)cc1F. The number of nitrogens with zero attached hydrogens (tertiary/aromatic N) is 1. The van der Waals surface area contributed by atoms with E-state index in [1.165, 1.54) is 30.9 Å². The first-order chi connectivity index (χ1) is 8.11. The van der Waals surface area contributed by atoms with Crippen molar-refractivity contribution in [2.45, 2.75) is 19.8 Å². The lowest BCUT2D eigenvalue weighted by atomic mass is 10.0. The zero-order valence-corrected chi connectivity index (χ0v) is 10.8. The Bertz CT molecular complexity index is 419. The van der Waals surface area contributed by atoms with E-state index in [0.717, 1.165) is 24.5 Å². The molecule has 0 radical (unpaired) electrons. The lowest BCUT2D eigenvalue weighted by molar-refractivity contribution is 0.0601. The van der Waals surface area contributed by atoms with E-state index < -0.39 is 11.8 Å². The van der Waals surface area contributed by atoms with Gasteiger partial charge in [-0.3, -0.25) is 0 Å². The first kappa shape index (κ1) is 12.4.